The molecule has 0 aliphatic heterocycles. The standard InChI is InChI=1S/C8H14N4O3S/c1-3-9-8(13)5-11-16(14,15)7-4-10-12-6(7)2/h4,11H,3,5H2,1-2H3,(H,9,13)(H,10,12). The summed E-state index contributed by atoms with van der Waals surface area (Å²) in [6.45, 7) is 3.53. The largest absolute Gasteiger partial charge is 0.355 e. The van der Waals surface area contributed by atoms with Crippen LogP contribution in [-0.2, 0) is 14.8 Å². The molecule has 0 aromatic carbocycles. The molecule has 90 valence electrons. The molecule has 1 heterocycles. The number of aryl methyl sites for hydroxylation is 1. The average molecular weight is 246 g/mol. The lowest BCUT2D eigenvalue weighted by Gasteiger charge is -2.05. The molecule has 0 atom stereocenters. The number of hydrogen-bond donors (Lipinski definition) is 3. The number of aromatic nitrogens is 2. The quantitative estimate of drug-likeness (QED) is 0.628. The highest BCUT2D eigenvalue weighted by Crippen LogP contribution is 2.09. The molecular weight excluding hydrogens is 232 g/mol. The predicted octanol–water partition coefficient (Wildman–Crippen LogP) is -0.867. The molecule has 1 amide bonds. The molecule has 3 N–H and O–H groups in total. The minimum atomic E-state index is -3.67. The van der Waals surface area contributed by atoms with E-state index in [1.165, 1.54) is 6.20 Å². The zero-order valence-corrected chi connectivity index (χ0v) is 9.89. The molecular formula is C8H14N4O3S. The summed E-state index contributed by atoms with van der Waals surface area (Å²) in [5.74, 6) is -0.368. The highest BCUT2D eigenvalue weighted by Gasteiger charge is 2.18. The van der Waals surface area contributed by atoms with Crippen molar-refractivity contribution in [1.29, 1.82) is 0 Å². The van der Waals surface area contributed by atoms with Gasteiger partial charge in [0, 0.05) is 6.54 Å². The minimum Gasteiger partial charge on any atom is -0.355 e. The second-order valence-corrected chi connectivity index (χ2v) is 4.87. The van der Waals surface area contributed by atoms with E-state index in [-0.39, 0.29) is 17.3 Å². The van der Waals surface area contributed by atoms with Crippen molar-refractivity contribution in [3.63, 3.8) is 0 Å². The van der Waals surface area contributed by atoms with Gasteiger partial charge in [-0.25, -0.2) is 13.1 Å². The number of nitrogens with zero attached hydrogens (tertiary/aromatic N) is 1. The summed E-state index contributed by atoms with van der Waals surface area (Å²) in [5.41, 5.74) is 0.434. The van der Waals surface area contributed by atoms with E-state index >= 15 is 0 Å². The zero-order chi connectivity index (χ0) is 12.2. The number of likely N-dealkylation sites (N-methyl/N-ethyl adjacent to an activating group) is 1. The summed E-state index contributed by atoms with van der Waals surface area (Å²) in [6.07, 6.45) is 1.20. The van der Waals surface area contributed by atoms with Gasteiger partial charge in [0.05, 0.1) is 18.4 Å². The van der Waals surface area contributed by atoms with Crippen molar-refractivity contribution in [3.8, 4) is 0 Å². The number of aromatic amines is 1. The number of carbonyl (C=O) groups is 1. The van der Waals surface area contributed by atoms with Gasteiger partial charge >= 0.3 is 0 Å². The van der Waals surface area contributed by atoms with Crippen molar-refractivity contribution < 1.29 is 13.2 Å². The highest BCUT2D eigenvalue weighted by molar-refractivity contribution is 7.89. The first-order valence-electron chi connectivity index (χ1n) is 4.73. The fraction of sp³-hybridized carbons (Fsp3) is 0.500. The van der Waals surface area contributed by atoms with Gasteiger partial charge in [0.15, 0.2) is 0 Å². The molecule has 0 bridgehead atoms. The van der Waals surface area contributed by atoms with Gasteiger partial charge in [-0.2, -0.15) is 5.10 Å². The third-order valence-electron chi connectivity index (χ3n) is 1.87. The third kappa shape index (κ3) is 3.04. The van der Waals surface area contributed by atoms with Crippen LogP contribution in [0.5, 0.6) is 0 Å². The Morgan fingerprint density at radius 1 is 1.56 bits per heavy atom. The Morgan fingerprint density at radius 3 is 2.75 bits per heavy atom. The monoisotopic (exact) mass is 246 g/mol. The Hall–Kier alpha value is -1.41. The zero-order valence-electron chi connectivity index (χ0n) is 9.07. The molecule has 8 heteroatoms. The lowest BCUT2D eigenvalue weighted by atomic mass is 10.5. The van der Waals surface area contributed by atoms with Gasteiger partial charge < -0.3 is 5.32 Å². The molecule has 16 heavy (non-hydrogen) atoms. The van der Waals surface area contributed by atoms with E-state index < -0.39 is 10.0 Å². The first-order chi connectivity index (χ1) is 7.47. The molecule has 0 spiro atoms. The van der Waals surface area contributed by atoms with Crippen molar-refractivity contribution >= 4 is 15.9 Å². The summed E-state index contributed by atoms with van der Waals surface area (Å²) < 4.78 is 25.5. The molecule has 0 aliphatic carbocycles. The van der Waals surface area contributed by atoms with Crippen molar-refractivity contribution in [2.75, 3.05) is 13.1 Å². The molecule has 0 fully saturated rings. The van der Waals surface area contributed by atoms with Crippen LogP contribution in [-0.4, -0.2) is 37.6 Å². The van der Waals surface area contributed by atoms with Crippen LogP contribution in [0.25, 0.3) is 0 Å². The average Bonchev–Trinajstić information content (AvgIpc) is 2.63. The Bertz CT molecular complexity index is 465. The summed E-state index contributed by atoms with van der Waals surface area (Å²) in [5, 5.41) is 8.61. The normalized spacial score (nSPS) is 11.4. The summed E-state index contributed by atoms with van der Waals surface area (Å²) in [4.78, 5) is 11.1. The summed E-state index contributed by atoms with van der Waals surface area (Å²) in [7, 11) is -3.67. The maximum absolute atomic E-state index is 11.7. The third-order valence-corrected chi connectivity index (χ3v) is 3.38. The van der Waals surface area contributed by atoms with Crippen LogP contribution in [0, 0.1) is 6.92 Å². The first kappa shape index (κ1) is 12.7. The molecule has 0 saturated carbocycles. The van der Waals surface area contributed by atoms with E-state index in [4.69, 9.17) is 0 Å². The van der Waals surface area contributed by atoms with Gasteiger partial charge in [-0.05, 0) is 13.8 Å². The molecule has 1 rings (SSSR count). The van der Waals surface area contributed by atoms with Crippen LogP contribution < -0.4 is 10.0 Å². The smallest absolute Gasteiger partial charge is 0.244 e. The minimum absolute atomic E-state index is 0.0526. The predicted molar refractivity (Wildman–Crippen MR) is 57.2 cm³/mol. The van der Waals surface area contributed by atoms with Crippen molar-refractivity contribution in [2.24, 2.45) is 0 Å². The van der Waals surface area contributed by atoms with Crippen LogP contribution in [0.4, 0.5) is 0 Å². The van der Waals surface area contributed by atoms with E-state index in [1.54, 1.807) is 13.8 Å². The molecule has 0 radical (unpaired) electrons. The molecule has 0 unspecified atom stereocenters. The van der Waals surface area contributed by atoms with Gasteiger partial charge in [0.1, 0.15) is 4.90 Å². The topological polar surface area (TPSA) is 104 Å². The van der Waals surface area contributed by atoms with Crippen LogP contribution in [0.2, 0.25) is 0 Å². The van der Waals surface area contributed by atoms with E-state index in [1.807, 2.05) is 0 Å². The number of hydrogen-bond acceptors (Lipinski definition) is 4. The number of sulfonamides is 1. The van der Waals surface area contributed by atoms with Crippen molar-refractivity contribution in [3.05, 3.63) is 11.9 Å². The number of rotatable bonds is 5. The van der Waals surface area contributed by atoms with E-state index in [0.717, 1.165) is 0 Å². The number of nitrogens with one attached hydrogen (secondary N) is 3. The highest BCUT2D eigenvalue weighted by atomic mass is 32.2. The number of carbonyl (C=O) groups excluding carboxylic acids is 1. The second kappa shape index (κ2) is 5.08. The van der Waals surface area contributed by atoms with Gasteiger partial charge in [-0.3, -0.25) is 9.89 Å². The molecule has 0 aliphatic rings. The number of H-pyrrole nitrogens is 1. The molecule has 0 saturated heterocycles. The molecule has 7 nitrogen and oxygen atoms in total. The lowest BCUT2D eigenvalue weighted by molar-refractivity contribution is -0.119. The van der Waals surface area contributed by atoms with E-state index in [9.17, 15) is 13.2 Å². The van der Waals surface area contributed by atoms with Gasteiger partial charge in [-0.15, -0.1) is 0 Å². The Labute approximate surface area is 93.7 Å². The Balaban J connectivity index is 2.67. The Morgan fingerprint density at radius 2 is 2.25 bits per heavy atom. The first-order valence-corrected chi connectivity index (χ1v) is 6.22. The van der Waals surface area contributed by atoms with Crippen LogP contribution in [0.1, 0.15) is 12.6 Å². The van der Waals surface area contributed by atoms with Crippen molar-refractivity contribution in [1.82, 2.24) is 20.2 Å². The maximum Gasteiger partial charge on any atom is 0.244 e. The SMILES string of the molecule is CCNC(=O)CNS(=O)(=O)c1cn[nH]c1C. The lowest BCUT2D eigenvalue weighted by Crippen LogP contribution is -2.36. The van der Waals surface area contributed by atoms with Crippen LogP contribution in [0.15, 0.2) is 11.1 Å². The van der Waals surface area contributed by atoms with Crippen LogP contribution >= 0.6 is 0 Å². The fourth-order valence-corrected chi connectivity index (χ4v) is 2.23. The van der Waals surface area contributed by atoms with E-state index in [0.29, 0.717) is 12.2 Å². The summed E-state index contributed by atoms with van der Waals surface area (Å²) >= 11 is 0. The molecule has 1 aromatic heterocycles. The van der Waals surface area contributed by atoms with Gasteiger partial charge in [0.25, 0.3) is 0 Å². The maximum atomic E-state index is 11.7. The fourth-order valence-electron chi connectivity index (χ4n) is 1.11. The van der Waals surface area contributed by atoms with Crippen LogP contribution in [0.3, 0.4) is 0 Å². The van der Waals surface area contributed by atoms with Gasteiger partial charge in [-0.1, -0.05) is 0 Å². The second-order valence-electron chi connectivity index (χ2n) is 3.14. The van der Waals surface area contributed by atoms with Crippen molar-refractivity contribution in [2.45, 2.75) is 18.7 Å². The number of amides is 1. The summed E-state index contributed by atoms with van der Waals surface area (Å²) in [6, 6.07) is 0. The Kier molecular flexibility index (Phi) is 4.02. The van der Waals surface area contributed by atoms with Gasteiger partial charge in [0.2, 0.25) is 15.9 Å². The van der Waals surface area contributed by atoms with E-state index in [2.05, 4.69) is 20.2 Å². The molecule has 1 aromatic rings.